The second-order valence-corrected chi connectivity index (χ2v) is 5.98. The minimum atomic E-state index is 0.488. The number of hydrogen-bond donors (Lipinski definition) is 1. The van der Waals surface area contributed by atoms with Crippen LogP contribution >= 0.6 is 11.3 Å². The van der Waals surface area contributed by atoms with Crippen molar-refractivity contribution < 1.29 is 0 Å². The molecule has 4 heteroatoms. The van der Waals surface area contributed by atoms with Gasteiger partial charge in [-0.15, -0.1) is 11.3 Å². The van der Waals surface area contributed by atoms with Crippen LogP contribution in [0.5, 0.6) is 0 Å². The van der Waals surface area contributed by atoms with Gasteiger partial charge in [-0.05, 0) is 43.3 Å². The van der Waals surface area contributed by atoms with Crippen molar-refractivity contribution in [2.24, 2.45) is 0 Å². The van der Waals surface area contributed by atoms with Crippen molar-refractivity contribution in [1.29, 1.82) is 0 Å². The van der Waals surface area contributed by atoms with Crippen LogP contribution < -0.4 is 5.32 Å². The molecule has 1 aliphatic heterocycles. The molecule has 1 aliphatic rings. The first-order chi connectivity index (χ1) is 8.84. The van der Waals surface area contributed by atoms with E-state index in [0.717, 1.165) is 13.1 Å². The predicted molar refractivity (Wildman–Crippen MR) is 75.0 cm³/mol. The summed E-state index contributed by atoms with van der Waals surface area (Å²) in [5.74, 6) is 0. The van der Waals surface area contributed by atoms with Gasteiger partial charge in [0.15, 0.2) is 0 Å². The van der Waals surface area contributed by atoms with Crippen molar-refractivity contribution in [2.45, 2.75) is 38.8 Å². The highest BCUT2D eigenvalue weighted by Gasteiger charge is 2.18. The number of piperidine rings is 1. The first kappa shape index (κ1) is 11.9. The van der Waals surface area contributed by atoms with E-state index in [0.29, 0.717) is 6.04 Å². The molecule has 3 nitrogen and oxygen atoms in total. The molecule has 1 fully saturated rings. The Hall–Kier alpha value is -1.13. The molecule has 1 atom stereocenters. The topological polar surface area (TPSA) is 29.9 Å². The zero-order chi connectivity index (χ0) is 12.4. The summed E-state index contributed by atoms with van der Waals surface area (Å²) in [6.07, 6.45) is 7.83. The third kappa shape index (κ3) is 2.35. The van der Waals surface area contributed by atoms with Crippen molar-refractivity contribution in [2.75, 3.05) is 6.54 Å². The summed E-state index contributed by atoms with van der Waals surface area (Å²) in [7, 11) is 0. The lowest BCUT2D eigenvalue weighted by molar-refractivity contribution is 0.396. The Morgan fingerprint density at radius 3 is 3.17 bits per heavy atom. The Bertz CT molecular complexity index is 509. The molecule has 18 heavy (non-hydrogen) atoms. The molecule has 2 aromatic heterocycles. The van der Waals surface area contributed by atoms with Crippen LogP contribution in [-0.4, -0.2) is 16.1 Å². The minimum absolute atomic E-state index is 0.488. The van der Waals surface area contributed by atoms with Crippen LogP contribution in [0.4, 0.5) is 0 Å². The highest BCUT2D eigenvalue weighted by molar-refractivity contribution is 7.10. The van der Waals surface area contributed by atoms with Gasteiger partial charge in [-0.2, -0.15) is 0 Å². The standard InChI is InChI=1S/C14H19N3S/c1-11-5-7-18-14(11)9-17-10-15-8-13(17)12-4-2-3-6-16-12/h5,7-8,10,12,16H,2-4,6,9H2,1H3. The van der Waals surface area contributed by atoms with Crippen LogP contribution in [0.25, 0.3) is 0 Å². The first-order valence-electron chi connectivity index (χ1n) is 6.61. The molecular formula is C14H19N3S. The zero-order valence-electron chi connectivity index (χ0n) is 10.7. The van der Waals surface area contributed by atoms with E-state index in [9.17, 15) is 0 Å². The van der Waals surface area contributed by atoms with E-state index in [-0.39, 0.29) is 0 Å². The van der Waals surface area contributed by atoms with Gasteiger partial charge < -0.3 is 9.88 Å². The van der Waals surface area contributed by atoms with E-state index >= 15 is 0 Å². The summed E-state index contributed by atoms with van der Waals surface area (Å²) in [5, 5.41) is 5.77. The van der Waals surface area contributed by atoms with Crippen LogP contribution in [0.3, 0.4) is 0 Å². The molecule has 0 saturated carbocycles. The lowest BCUT2D eigenvalue weighted by Gasteiger charge is -2.24. The molecule has 1 saturated heterocycles. The summed E-state index contributed by atoms with van der Waals surface area (Å²) >= 11 is 1.83. The van der Waals surface area contributed by atoms with Gasteiger partial charge in [0, 0.05) is 17.1 Å². The summed E-state index contributed by atoms with van der Waals surface area (Å²) in [4.78, 5) is 5.77. The molecule has 0 bridgehead atoms. The third-order valence-electron chi connectivity index (χ3n) is 3.69. The molecule has 1 N–H and O–H groups in total. The molecule has 0 amide bonds. The van der Waals surface area contributed by atoms with E-state index < -0.39 is 0 Å². The largest absolute Gasteiger partial charge is 0.328 e. The average molecular weight is 261 g/mol. The Morgan fingerprint density at radius 1 is 1.50 bits per heavy atom. The van der Waals surface area contributed by atoms with Crippen molar-refractivity contribution in [3.8, 4) is 0 Å². The average Bonchev–Trinajstić information content (AvgIpc) is 3.01. The van der Waals surface area contributed by atoms with Crippen LogP contribution in [0.15, 0.2) is 24.0 Å². The van der Waals surface area contributed by atoms with Crippen LogP contribution in [-0.2, 0) is 6.54 Å². The zero-order valence-corrected chi connectivity index (χ0v) is 11.5. The summed E-state index contributed by atoms with van der Waals surface area (Å²) in [5.41, 5.74) is 2.72. The molecule has 2 aromatic rings. The van der Waals surface area contributed by atoms with Gasteiger partial charge >= 0.3 is 0 Å². The van der Waals surface area contributed by atoms with Crippen LogP contribution in [0.1, 0.15) is 41.4 Å². The molecule has 0 aromatic carbocycles. The van der Waals surface area contributed by atoms with E-state index in [1.807, 2.05) is 23.9 Å². The van der Waals surface area contributed by atoms with Gasteiger partial charge in [0.2, 0.25) is 0 Å². The van der Waals surface area contributed by atoms with Crippen LogP contribution in [0, 0.1) is 6.92 Å². The van der Waals surface area contributed by atoms with Gasteiger partial charge in [-0.25, -0.2) is 4.98 Å². The predicted octanol–water partition coefficient (Wildman–Crippen LogP) is 3.12. The Labute approximate surface area is 112 Å². The van der Waals surface area contributed by atoms with Gasteiger partial charge in [-0.1, -0.05) is 6.42 Å². The Balaban J connectivity index is 1.80. The number of nitrogens with one attached hydrogen (secondary N) is 1. The first-order valence-corrected chi connectivity index (χ1v) is 7.49. The molecule has 0 spiro atoms. The maximum atomic E-state index is 4.34. The van der Waals surface area contributed by atoms with E-state index in [1.165, 1.54) is 35.4 Å². The minimum Gasteiger partial charge on any atom is -0.328 e. The van der Waals surface area contributed by atoms with Gasteiger partial charge in [0.05, 0.1) is 18.6 Å². The van der Waals surface area contributed by atoms with Gasteiger partial charge in [-0.3, -0.25) is 0 Å². The molecule has 0 radical (unpaired) electrons. The molecule has 96 valence electrons. The number of aryl methyl sites for hydroxylation is 1. The monoisotopic (exact) mass is 261 g/mol. The molecule has 0 aliphatic carbocycles. The van der Waals surface area contributed by atoms with Crippen molar-refractivity contribution in [1.82, 2.24) is 14.9 Å². The van der Waals surface area contributed by atoms with E-state index in [1.54, 1.807) is 0 Å². The summed E-state index contributed by atoms with van der Waals surface area (Å²) < 4.78 is 2.29. The molecular weight excluding hydrogens is 242 g/mol. The summed E-state index contributed by atoms with van der Waals surface area (Å²) in [6, 6.07) is 2.68. The Kier molecular flexibility index (Phi) is 3.48. The van der Waals surface area contributed by atoms with E-state index in [2.05, 4.69) is 33.2 Å². The number of rotatable bonds is 3. The third-order valence-corrected chi connectivity index (χ3v) is 4.70. The number of nitrogens with zero attached hydrogens (tertiary/aromatic N) is 2. The van der Waals surface area contributed by atoms with Gasteiger partial charge in [0.25, 0.3) is 0 Å². The number of thiophene rings is 1. The Morgan fingerprint density at radius 2 is 2.44 bits per heavy atom. The fraction of sp³-hybridized carbons (Fsp3) is 0.500. The van der Waals surface area contributed by atoms with Crippen molar-refractivity contribution >= 4 is 11.3 Å². The quantitative estimate of drug-likeness (QED) is 0.920. The summed E-state index contributed by atoms with van der Waals surface area (Å²) in [6.45, 7) is 4.27. The highest BCUT2D eigenvalue weighted by Crippen LogP contribution is 2.24. The van der Waals surface area contributed by atoms with Crippen molar-refractivity contribution in [3.05, 3.63) is 40.1 Å². The normalized spacial score (nSPS) is 20.2. The maximum Gasteiger partial charge on any atom is 0.0952 e. The van der Waals surface area contributed by atoms with Crippen LogP contribution in [0.2, 0.25) is 0 Å². The van der Waals surface area contributed by atoms with Gasteiger partial charge in [0.1, 0.15) is 0 Å². The smallest absolute Gasteiger partial charge is 0.0952 e. The lowest BCUT2D eigenvalue weighted by Crippen LogP contribution is -2.28. The number of aromatic nitrogens is 2. The molecule has 3 rings (SSSR count). The second kappa shape index (κ2) is 5.24. The second-order valence-electron chi connectivity index (χ2n) is 4.98. The fourth-order valence-electron chi connectivity index (χ4n) is 2.58. The van der Waals surface area contributed by atoms with E-state index in [4.69, 9.17) is 0 Å². The lowest BCUT2D eigenvalue weighted by atomic mass is 10.0. The number of hydrogen-bond acceptors (Lipinski definition) is 3. The SMILES string of the molecule is Cc1ccsc1Cn1cncc1C1CCCCN1. The fourth-order valence-corrected chi connectivity index (χ4v) is 3.48. The molecule has 1 unspecified atom stereocenters. The maximum absolute atomic E-state index is 4.34. The highest BCUT2D eigenvalue weighted by atomic mass is 32.1. The molecule has 3 heterocycles. The van der Waals surface area contributed by atoms with Crippen molar-refractivity contribution in [3.63, 3.8) is 0 Å². The number of imidazole rings is 1.